The lowest BCUT2D eigenvalue weighted by atomic mass is 9.93. The van der Waals surface area contributed by atoms with Crippen LogP contribution in [0.3, 0.4) is 0 Å². The molecule has 2 unspecified atom stereocenters. The average molecular weight is 548 g/mol. The second kappa shape index (κ2) is 12.4. The maximum absolute atomic E-state index is 14.1. The Bertz CT molecular complexity index is 1290. The predicted molar refractivity (Wildman–Crippen MR) is 155 cm³/mol. The van der Waals surface area contributed by atoms with Crippen molar-refractivity contribution in [3.05, 3.63) is 92.9 Å². The SMILES string of the molecule is CCCCc1ccc(C(=O)N2CCN(C(=O)CCN3CCc4sccc4C3c3cccc(F)c3)CC2C)cc1. The number of carbonyl (C=O) groups is 2. The molecule has 0 N–H and O–H groups in total. The zero-order valence-corrected chi connectivity index (χ0v) is 23.8. The molecule has 1 aromatic heterocycles. The second-order valence-electron chi connectivity index (χ2n) is 10.8. The third-order valence-electron chi connectivity index (χ3n) is 8.10. The number of hydrogen-bond donors (Lipinski definition) is 0. The van der Waals surface area contributed by atoms with Crippen LogP contribution in [0.5, 0.6) is 0 Å². The van der Waals surface area contributed by atoms with Crippen LogP contribution in [0.2, 0.25) is 0 Å². The van der Waals surface area contributed by atoms with Gasteiger partial charge in [0.15, 0.2) is 0 Å². The molecule has 7 heteroatoms. The summed E-state index contributed by atoms with van der Waals surface area (Å²) in [6, 6.07) is 16.9. The number of nitrogens with zero attached hydrogens (tertiary/aromatic N) is 3. The number of halogens is 1. The number of rotatable bonds is 8. The lowest BCUT2D eigenvalue weighted by Crippen LogP contribution is -2.55. The highest BCUT2D eigenvalue weighted by Crippen LogP contribution is 2.38. The van der Waals surface area contributed by atoms with E-state index in [4.69, 9.17) is 0 Å². The Morgan fingerprint density at radius 3 is 2.62 bits per heavy atom. The maximum Gasteiger partial charge on any atom is 0.254 e. The predicted octanol–water partition coefficient (Wildman–Crippen LogP) is 5.94. The van der Waals surface area contributed by atoms with Gasteiger partial charge in [-0.25, -0.2) is 4.39 Å². The van der Waals surface area contributed by atoms with Gasteiger partial charge in [0.25, 0.3) is 5.91 Å². The Kier molecular flexibility index (Phi) is 8.78. The van der Waals surface area contributed by atoms with Crippen LogP contribution in [0.15, 0.2) is 60.0 Å². The quantitative estimate of drug-likeness (QED) is 0.351. The van der Waals surface area contributed by atoms with Crippen molar-refractivity contribution in [2.24, 2.45) is 0 Å². The minimum Gasteiger partial charge on any atom is -0.339 e. The Labute approximate surface area is 235 Å². The van der Waals surface area contributed by atoms with Crippen LogP contribution in [0.1, 0.15) is 71.1 Å². The first kappa shape index (κ1) is 27.5. The van der Waals surface area contributed by atoms with Crippen molar-refractivity contribution in [2.45, 2.75) is 58.0 Å². The molecule has 5 nitrogen and oxygen atoms in total. The summed E-state index contributed by atoms with van der Waals surface area (Å²) in [5.74, 6) is -0.0856. The number of piperazine rings is 1. The summed E-state index contributed by atoms with van der Waals surface area (Å²) in [4.78, 5) is 34.0. The fourth-order valence-corrected chi connectivity index (χ4v) is 6.82. The van der Waals surface area contributed by atoms with Crippen molar-refractivity contribution in [1.29, 1.82) is 0 Å². The van der Waals surface area contributed by atoms with Crippen molar-refractivity contribution in [2.75, 3.05) is 32.7 Å². The number of thiophene rings is 1. The second-order valence-corrected chi connectivity index (χ2v) is 11.8. The van der Waals surface area contributed by atoms with Gasteiger partial charge in [-0.2, -0.15) is 0 Å². The van der Waals surface area contributed by atoms with E-state index in [1.807, 2.05) is 34.9 Å². The number of unbranched alkanes of at least 4 members (excludes halogenated alkanes) is 1. The molecule has 2 atom stereocenters. The molecule has 39 heavy (non-hydrogen) atoms. The fourth-order valence-electron chi connectivity index (χ4n) is 5.92. The summed E-state index contributed by atoms with van der Waals surface area (Å²) >= 11 is 1.75. The Morgan fingerprint density at radius 1 is 1.05 bits per heavy atom. The van der Waals surface area contributed by atoms with Crippen LogP contribution in [0, 0.1) is 5.82 Å². The zero-order chi connectivity index (χ0) is 27.4. The minimum atomic E-state index is -0.236. The molecule has 0 spiro atoms. The van der Waals surface area contributed by atoms with Gasteiger partial charge >= 0.3 is 0 Å². The summed E-state index contributed by atoms with van der Waals surface area (Å²) < 4.78 is 14.1. The van der Waals surface area contributed by atoms with Crippen LogP contribution in [0.25, 0.3) is 0 Å². The smallest absolute Gasteiger partial charge is 0.254 e. The van der Waals surface area contributed by atoms with Crippen LogP contribution in [-0.4, -0.2) is 65.3 Å². The Morgan fingerprint density at radius 2 is 1.87 bits per heavy atom. The lowest BCUT2D eigenvalue weighted by molar-refractivity contribution is -0.134. The molecule has 0 saturated carbocycles. The van der Waals surface area contributed by atoms with E-state index >= 15 is 0 Å². The highest BCUT2D eigenvalue weighted by Gasteiger charge is 2.33. The summed E-state index contributed by atoms with van der Waals surface area (Å²) in [7, 11) is 0. The standard InChI is InChI=1S/C32H38FN3O2S/c1-3-4-6-24-9-11-25(12-10-24)32(38)36-19-18-35(22-23(36)2)30(37)14-17-34-16-13-29-28(15-20-39-29)31(34)26-7-5-8-27(33)21-26/h5,7-12,15,20-21,23,31H,3-4,6,13-14,16-19,22H2,1-2H3. The first-order chi connectivity index (χ1) is 18.9. The third kappa shape index (κ3) is 6.25. The van der Waals surface area contributed by atoms with Crippen molar-refractivity contribution >= 4 is 23.2 Å². The zero-order valence-electron chi connectivity index (χ0n) is 22.9. The van der Waals surface area contributed by atoms with Crippen LogP contribution >= 0.6 is 11.3 Å². The van der Waals surface area contributed by atoms with Crippen molar-refractivity contribution in [3.8, 4) is 0 Å². The normalized spacial score (nSPS) is 19.7. The van der Waals surface area contributed by atoms with Crippen LogP contribution < -0.4 is 0 Å². The molecule has 206 valence electrons. The first-order valence-electron chi connectivity index (χ1n) is 14.2. The van der Waals surface area contributed by atoms with Gasteiger partial charge in [0.2, 0.25) is 5.91 Å². The average Bonchev–Trinajstić information content (AvgIpc) is 3.43. The van der Waals surface area contributed by atoms with E-state index in [2.05, 4.69) is 35.4 Å². The molecule has 2 aromatic carbocycles. The van der Waals surface area contributed by atoms with E-state index in [0.717, 1.165) is 37.8 Å². The molecule has 2 amide bonds. The molecular formula is C32H38FN3O2S. The fraction of sp³-hybridized carbons (Fsp3) is 0.438. The van der Waals surface area contributed by atoms with E-state index in [-0.39, 0.29) is 29.7 Å². The van der Waals surface area contributed by atoms with Gasteiger partial charge in [-0.15, -0.1) is 11.3 Å². The lowest BCUT2D eigenvalue weighted by Gasteiger charge is -2.41. The van der Waals surface area contributed by atoms with E-state index in [1.54, 1.807) is 23.5 Å². The molecule has 5 rings (SSSR count). The maximum atomic E-state index is 14.1. The number of amides is 2. The van der Waals surface area contributed by atoms with Crippen LogP contribution in [0.4, 0.5) is 4.39 Å². The summed E-state index contributed by atoms with van der Waals surface area (Å²) in [6.07, 6.45) is 4.70. The molecule has 3 aromatic rings. The summed E-state index contributed by atoms with van der Waals surface area (Å²) in [5.41, 5.74) is 4.13. The van der Waals surface area contributed by atoms with Gasteiger partial charge in [-0.3, -0.25) is 14.5 Å². The van der Waals surface area contributed by atoms with Gasteiger partial charge in [0.1, 0.15) is 5.82 Å². The van der Waals surface area contributed by atoms with Gasteiger partial charge in [0, 0.05) is 55.6 Å². The van der Waals surface area contributed by atoms with Crippen LogP contribution in [-0.2, 0) is 17.6 Å². The molecule has 2 aliphatic heterocycles. The van der Waals surface area contributed by atoms with E-state index < -0.39 is 0 Å². The third-order valence-corrected chi connectivity index (χ3v) is 9.10. The number of fused-ring (bicyclic) bond motifs is 1. The largest absolute Gasteiger partial charge is 0.339 e. The highest BCUT2D eigenvalue weighted by atomic mass is 32.1. The van der Waals surface area contributed by atoms with Crippen molar-refractivity contribution in [1.82, 2.24) is 14.7 Å². The Hall–Kier alpha value is -3.03. The Balaban J connectivity index is 1.18. The van der Waals surface area contributed by atoms with E-state index in [9.17, 15) is 14.0 Å². The minimum absolute atomic E-state index is 0.0365. The molecule has 0 aliphatic carbocycles. The molecular weight excluding hydrogens is 509 g/mol. The molecule has 0 bridgehead atoms. The first-order valence-corrected chi connectivity index (χ1v) is 15.1. The highest BCUT2D eigenvalue weighted by molar-refractivity contribution is 7.10. The van der Waals surface area contributed by atoms with Gasteiger partial charge in [-0.1, -0.05) is 37.6 Å². The van der Waals surface area contributed by atoms with E-state index in [1.165, 1.54) is 22.1 Å². The topological polar surface area (TPSA) is 43.9 Å². The number of hydrogen-bond acceptors (Lipinski definition) is 4. The molecule has 1 saturated heterocycles. The number of aryl methyl sites for hydroxylation is 1. The molecule has 1 fully saturated rings. The van der Waals surface area contributed by atoms with Gasteiger partial charge in [0.05, 0.1) is 6.04 Å². The molecule has 3 heterocycles. The van der Waals surface area contributed by atoms with Gasteiger partial charge in [-0.05, 0) is 78.6 Å². The van der Waals surface area contributed by atoms with E-state index in [0.29, 0.717) is 38.2 Å². The summed E-state index contributed by atoms with van der Waals surface area (Å²) in [6.45, 7) is 7.30. The monoisotopic (exact) mass is 547 g/mol. The number of carbonyl (C=O) groups excluding carboxylic acids is 2. The number of benzene rings is 2. The molecule has 0 radical (unpaired) electrons. The van der Waals surface area contributed by atoms with Crippen molar-refractivity contribution in [3.63, 3.8) is 0 Å². The van der Waals surface area contributed by atoms with Gasteiger partial charge < -0.3 is 9.80 Å². The van der Waals surface area contributed by atoms with Crippen molar-refractivity contribution < 1.29 is 14.0 Å². The summed E-state index contributed by atoms with van der Waals surface area (Å²) in [5, 5.41) is 2.11. The molecule has 2 aliphatic rings.